The number of aryl methyl sites for hydroxylation is 1. The normalized spacial score (nSPS) is 17.1. The lowest BCUT2D eigenvalue weighted by molar-refractivity contribution is -0.116. The second-order valence-corrected chi connectivity index (χ2v) is 10.1. The van der Waals surface area contributed by atoms with Crippen molar-refractivity contribution in [1.29, 1.82) is 0 Å². The van der Waals surface area contributed by atoms with Gasteiger partial charge >= 0.3 is 0 Å². The second-order valence-electron chi connectivity index (χ2n) is 8.76. The number of hydrogen-bond donors (Lipinski definition) is 2. The summed E-state index contributed by atoms with van der Waals surface area (Å²) in [6, 6.07) is 21.1. The molecule has 5 rings (SSSR count). The molecule has 2 N–H and O–H groups in total. The monoisotopic (exact) mass is 578 g/mol. The molecule has 2 aromatic carbocycles. The summed E-state index contributed by atoms with van der Waals surface area (Å²) in [4.78, 5) is 19.3. The summed E-state index contributed by atoms with van der Waals surface area (Å²) in [5, 5.41) is 6.81. The highest BCUT2D eigenvalue weighted by molar-refractivity contribution is 9.10. The number of pyridine rings is 1. The SMILES string of the molecule is Cc1ccccc1NC(=O)CCN1C(=S)NC(c2ccccn2)C1c1ccc(-c2ccc(Br)cc2F)o1. The van der Waals surface area contributed by atoms with E-state index in [2.05, 4.69) is 31.5 Å². The molecule has 1 aliphatic rings. The highest BCUT2D eigenvalue weighted by atomic mass is 79.9. The molecule has 1 amide bonds. The van der Waals surface area contributed by atoms with E-state index in [0.29, 0.717) is 33.2 Å². The van der Waals surface area contributed by atoms with Crippen LogP contribution >= 0.6 is 28.1 Å². The fourth-order valence-electron chi connectivity index (χ4n) is 4.45. The van der Waals surface area contributed by atoms with Crippen molar-refractivity contribution in [2.24, 2.45) is 0 Å². The zero-order valence-corrected chi connectivity index (χ0v) is 22.4. The first-order valence-electron chi connectivity index (χ1n) is 11.8. The Hall–Kier alpha value is -3.56. The van der Waals surface area contributed by atoms with Crippen molar-refractivity contribution in [2.75, 3.05) is 11.9 Å². The standard InChI is InChI=1S/C28H24BrFN4O2S/c1-17-6-2-3-7-21(17)32-25(35)13-15-34-27(26(33-28(34)37)22-8-4-5-14-31-22)24-12-11-23(36-24)19-10-9-18(29)16-20(19)30/h2-12,14,16,26-27H,13,15H2,1H3,(H,32,35)(H,33,37). The number of furan rings is 1. The molecule has 2 unspecified atom stereocenters. The van der Waals surface area contributed by atoms with Crippen molar-refractivity contribution < 1.29 is 13.6 Å². The van der Waals surface area contributed by atoms with Crippen LogP contribution in [-0.4, -0.2) is 27.4 Å². The predicted octanol–water partition coefficient (Wildman–Crippen LogP) is 6.55. The average molecular weight is 579 g/mol. The van der Waals surface area contributed by atoms with E-state index < -0.39 is 0 Å². The molecule has 188 valence electrons. The molecular formula is C28H24BrFN4O2S. The van der Waals surface area contributed by atoms with Gasteiger partial charge in [-0.25, -0.2) is 4.39 Å². The van der Waals surface area contributed by atoms with Gasteiger partial charge in [0.25, 0.3) is 0 Å². The third-order valence-electron chi connectivity index (χ3n) is 6.31. The number of amides is 1. The van der Waals surface area contributed by atoms with Crippen molar-refractivity contribution in [3.05, 3.63) is 106 Å². The molecule has 0 radical (unpaired) electrons. The number of nitrogens with one attached hydrogen (secondary N) is 2. The molecule has 2 aromatic heterocycles. The topological polar surface area (TPSA) is 70.4 Å². The number of carbonyl (C=O) groups is 1. The fourth-order valence-corrected chi connectivity index (χ4v) is 5.11. The van der Waals surface area contributed by atoms with Crippen LogP contribution < -0.4 is 10.6 Å². The van der Waals surface area contributed by atoms with Crippen LogP contribution in [0.15, 0.2) is 87.9 Å². The van der Waals surface area contributed by atoms with Gasteiger partial charge < -0.3 is 20.0 Å². The molecule has 6 nitrogen and oxygen atoms in total. The van der Waals surface area contributed by atoms with Crippen LogP contribution in [0.1, 0.15) is 35.5 Å². The van der Waals surface area contributed by atoms with Crippen molar-refractivity contribution in [3.63, 3.8) is 0 Å². The molecule has 4 aromatic rings. The number of carbonyl (C=O) groups excluding carboxylic acids is 1. The molecular weight excluding hydrogens is 555 g/mol. The number of nitrogens with zero attached hydrogens (tertiary/aromatic N) is 2. The number of hydrogen-bond acceptors (Lipinski definition) is 4. The van der Waals surface area contributed by atoms with Gasteiger partial charge in [0, 0.05) is 29.3 Å². The Labute approximate surface area is 228 Å². The number of anilines is 1. The van der Waals surface area contributed by atoms with E-state index in [1.807, 2.05) is 60.4 Å². The summed E-state index contributed by atoms with van der Waals surface area (Å²) in [5.74, 6) is 0.505. The Kier molecular flexibility index (Phi) is 7.34. The Morgan fingerprint density at radius 3 is 2.73 bits per heavy atom. The minimum Gasteiger partial charge on any atom is -0.459 e. The van der Waals surface area contributed by atoms with Crippen molar-refractivity contribution in [3.8, 4) is 11.3 Å². The maximum Gasteiger partial charge on any atom is 0.226 e. The molecule has 1 aliphatic heterocycles. The van der Waals surface area contributed by atoms with Gasteiger partial charge in [-0.3, -0.25) is 9.78 Å². The first kappa shape index (κ1) is 25.1. The van der Waals surface area contributed by atoms with Gasteiger partial charge in [0.2, 0.25) is 5.91 Å². The van der Waals surface area contributed by atoms with Gasteiger partial charge in [-0.1, -0.05) is 40.2 Å². The summed E-state index contributed by atoms with van der Waals surface area (Å²) in [7, 11) is 0. The molecule has 0 saturated carbocycles. The molecule has 1 saturated heterocycles. The highest BCUT2D eigenvalue weighted by Crippen LogP contribution is 2.41. The van der Waals surface area contributed by atoms with E-state index in [9.17, 15) is 9.18 Å². The molecule has 3 heterocycles. The Morgan fingerprint density at radius 1 is 1.16 bits per heavy atom. The third kappa shape index (κ3) is 5.42. The van der Waals surface area contributed by atoms with Crippen LogP contribution in [-0.2, 0) is 4.79 Å². The van der Waals surface area contributed by atoms with E-state index in [0.717, 1.165) is 16.9 Å². The zero-order valence-electron chi connectivity index (χ0n) is 19.9. The predicted molar refractivity (Wildman–Crippen MR) is 148 cm³/mol. The first-order chi connectivity index (χ1) is 17.9. The minimum absolute atomic E-state index is 0.116. The quantitative estimate of drug-likeness (QED) is 0.242. The van der Waals surface area contributed by atoms with Crippen LogP contribution in [0.4, 0.5) is 10.1 Å². The molecule has 1 fully saturated rings. The van der Waals surface area contributed by atoms with Crippen LogP contribution in [0.2, 0.25) is 0 Å². The van der Waals surface area contributed by atoms with E-state index in [1.54, 1.807) is 24.4 Å². The number of rotatable bonds is 7. The van der Waals surface area contributed by atoms with Gasteiger partial charge in [-0.05, 0) is 73.2 Å². The number of benzene rings is 2. The zero-order chi connectivity index (χ0) is 25.9. The van der Waals surface area contributed by atoms with E-state index in [4.69, 9.17) is 16.6 Å². The average Bonchev–Trinajstić information content (AvgIpc) is 3.49. The summed E-state index contributed by atoms with van der Waals surface area (Å²) in [5.41, 5.74) is 2.92. The second kappa shape index (κ2) is 10.8. The number of halogens is 2. The largest absolute Gasteiger partial charge is 0.459 e. The Balaban J connectivity index is 1.42. The Bertz CT molecular complexity index is 1450. The Morgan fingerprint density at radius 2 is 1.97 bits per heavy atom. The number of para-hydroxylation sites is 1. The summed E-state index contributed by atoms with van der Waals surface area (Å²) >= 11 is 8.97. The van der Waals surface area contributed by atoms with Gasteiger partial charge in [0.15, 0.2) is 5.11 Å². The summed E-state index contributed by atoms with van der Waals surface area (Å²) in [6.45, 7) is 2.31. The van der Waals surface area contributed by atoms with Crippen molar-refractivity contribution in [1.82, 2.24) is 15.2 Å². The lowest BCUT2D eigenvalue weighted by atomic mass is 10.0. The smallest absolute Gasteiger partial charge is 0.226 e. The minimum atomic E-state index is -0.388. The van der Waals surface area contributed by atoms with Crippen molar-refractivity contribution >= 4 is 44.9 Å². The van der Waals surface area contributed by atoms with Gasteiger partial charge in [0.1, 0.15) is 23.4 Å². The first-order valence-corrected chi connectivity index (χ1v) is 13.0. The van der Waals surface area contributed by atoms with Gasteiger partial charge in [-0.2, -0.15) is 0 Å². The maximum absolute atomic E-state index is 14.6. The molecule has 2 atom stereocenters. The molecule has 0 spiro atoms. The third-order valence-corrected chi connectivity index (χ3v) is 7.16. The molecule has 0 aliphatic carbocycles. The molecule has 0 bridgehead atoms. The molecule has 37 heavy (non-hydrogen) atoms. The van der Waals surface area contributed by atoms with Crippen LogP contribution in [0.5, 0.6) is 0 Å². The van der Waals surface area contributed by atoms with Crippen molar-refractivity contribution in [2.45, 2.75) is 25.4 Å². The maximum atomic E-state index is 14.6. The van der Waals surface area contributed by atoms with E-state index in [1.165, 1.54) is 6.07 Å². The number of thiocarbonyl (C=S) groups is 1. The highest BCUT2D eigenvalue weighted by Gasteiger charge is 2.41. The van der Waals surface area contributed by atoms with Crippen LogP contribution in [0.3, 0.4) is 0 Å². The fraction of sp³-hybridized carbons (Fsp3) is 0.179. The lowest BCUT2D eigenvalue weighted by Gasteiger charge is -2.26. The van der Waals surface area contributed by atoms with Crippen LogP contribution in [0, 0.1) is 12.7 Å². The van der Waals surface area contributed by atoms with E-state index >= 15 is 0 Å². The van der Waals surface area contributed by atoms with Crippen LogP contribution in [0.25, 0.3) is 11.3 Å². The summed E-state index contributed by atoms with van der Waals surface area (Å²) < 4.78 is 21.5. The van der Waals surface area contributed by atoms with E-state index in [-0.39, 0.29) is 30.2 Å². The molecule has 9 heteroatoms. The van der Waals surface area contributed by atoms with Gasteiger partial charge in [-0.15, -0.1) is 0 Å². The number of aromatic nitrogens is 1. The van der Waals surface area contributed by atoms with Gasteiger partial charge in [0.05, 0.1) is 17.3 Å². The summed E-state index contributed by atoms with van der Waals surface area (Å²) in [6.07, 6.45) is 1.94. The lowest BCUT2D eigenvalue weighted by Crippen LogP contribution is -2.32.